The van der Waals surface area contributed by atoms with Crippen molar-refractivity contribution in [2.75, 3.05) is 20.1 Å². The molecule has 1 fully saturated rings. The van der Waals surface area contributed by atoms with Crippen molar-refractivity contribution in [3.8, 4) is 16.9 Å². The lowest BCUT2D eigenvalue weighted by Crippen LogP contribution is -2.39. The normalized spacial score (nSPS) is 18.1. The van der Waals surface area contributed by atoms with Crippen molar-refractivity contribution in [1.29, 1.82) is 0 Å². The van der Waals surface area contributed by atoms with Crippen molar-refractivity contribution < 1.29 is 39.6 Å². The van der Waals surface area contributed by atoms with E-state index < -0.39 is 18.3 Å². The first-order chi connectivity index (χ1) is 24.2. The molecule has 6 N–H and O–H groups in total. The van der Waals surface area contributed by atoms with Crippen LogP contribution in [0.4, 0.5) is 0 Å². The molecule has 1 aliphatic rings. The molecule has 1 heterocycles. The summed E-state index contributed by atoms with van der Waals surface area (Å²) in [5, 5.41) is 41.8. The van der Waals surface area contributed by atoms with Gasteiger partial charge < -0.3 is 35.0 Å². The zero-order valence-corrected chi connectivity index (χ0v) is 28.1. The largest absolute Gasteiger partial charge is 0.508 e. The van der Waals surface area contributed by atoms with Crippen LogP contribution in [0, 0.1) is 0 Å². The van der Waals surface area contributed by atoms with Crippen molar-refractivity contribution in [3.05, 3.63) is 125 Å². The summed E-state index contributed by atoms with van der Waals surface area (Å²) in [6.07, 6.45) is -0.762. The molecule has 0 spiro atoms. The number of rotatable bonds is 15. The number of aliphatic hydroxyl groups is 2. The summed E-state index contributed by atoms with van der Waals surface area (Å²) in [4.78, 5) is 25.6. The van der Waals surface area contributed by atoms with Gasteiger partial charge in [-0.05, 0) is 59.0 Å². The van der Waals surface area contributed by atoms with Gasteiger partial charge in [0.2, 0.25) is 11.8 Å². The van der Waals surface area contributed by atoms with E-state index in [1.165, 1.54) is 0 Å². The predicted molar refractivity (Wildman–Crippen MR) is 186 cm³/mol. The van der Waals surface area contributed by atoms with Crippen LogP contribution in [0.25, 0.3) is 11.1 Å². The number of nitrogens with one attached hydrogen (secondary N) is 2. The number of hydrogen-bond donors (Lipinski definition) is 6. The van der Waals surface area contributed by atoms with E-state index in [0.29, 0.717) is 38.0 Å². The molecule has 0 aromatic heterocycles. The lowest BCUT2D eigenvalue weighted by molar-refractivity contribution is -0.252. The van der Waals surface area contributed by atoms with E-state index in [-0.39, 0.29) is 43.3 Å². The second-order valence-corrected chi connectivity index (χ2v) is 12.6. The fourth-order valence-corrected chi connectivity index (χ4v) is 6.11. The lowest BCUT2D eigenvalue weighted by atomic mass is 9.97. The number of aliphatic hydroxyl groups excluding tert-OH is 2. The summed E-state index contributed by atoms with van der Waals surface area (Å²) < 4.78 is 13.1. The number of benzene rings is 4. The van der Waals surface area contributed by atoms with E-state index >= 15 is 0 Å². The quantitative estimate of drug-likeness (QED) is 0.0744. The Morgan fingerprint density at radius 3 is 2.34 bits per heavy atom. The van der Waals surface area contributed by atoms with Crippen LogP contribution in [0.5, 0.6) is 5.75 Å². The minimum absolute atomic E-state index is 0.0418. The number of nitrogens with zero attached hydrogens (tertiary/aromatic N) is 1. The van der Waals surface area contributed by atoms with Crippen LogP contribution in [-0.2, 0) is 32.2 Å². The average molecular weight is 684 g/mol. The maximum Gasteiger partial charge on any atom is 0.243 e. The van der Waals surface area contributed by atoms with Crippen LogP contribution in [0.2, 0.25) is 0 Å². The van der Waals surface area contributed by atoms with Crippen LogP contribution in [0.15, 0.2) is 97.1 Å². The van der Waals surface area contributed by atoms with Crippen LogP contribution >= 0.6 is 0 Å². The SMILES string of the molecule is CN(C[C@@H]1C[C@H](c2ccc(CO)cc2)O[C@H](c2ccc(-c3ccccc3CNC(=O)CCCC(=O)NO)cc2)O1)C[C@@H](O)c1cccc(O)c1. The van der Waals surface area contributed by atoms with Crippen molar-refractivity contribution in [2.45, 2.75) is 63.4 Å². The standard InChI is InChI=1S/C39H45N3O8/c1-42(24-35(45)30-7-4-8-32(44)20-30)23-33-21-36(28-14-12-26(25-43)13-15-28)50-39(49-33)29-18-16-27(17-19-29)34-9-3-2-6-31(34)22-40-37(46)10-5-11-38(47)41-48/h2-4,6-9,12-20,33,35-36,39,43-45,48H,5,10-11,21-25H2,1H3,(H,40,46)(H,41,47)/t33-,35+,36+,39+/m0/s1. The summed E-state index contributed by atoms with van der Waals surface area (Å²) in [5.74, 6) is -0.593. The number of phenolic OH excluding ortho intramolecular Hbond substituents is 1. The van der Waals surface area contributed by atoms with Gasteiger partial charge in [-0.15, -0.1) is 0 Å². The highest BCUT2D eigenvalue weighted by atomic mass is 16.7. The topological polar surface area (TPSA) is 161 Å². The molecule has 0 radical (unpaired) electrons. The zero-order chi connectivity index (χ0) is 35.5. The minimum atomic E-state index is -0.784. The van der Waals surface area contributed by atoms with Crippen LogP contribution in [0.1, 0.15) is 72.0 Å². The van der Waals surface area contributed by atoms with Crippen LogP contribution in [-0.4, -0.2) is 63.5 Å². The van der Waals surface area contributed by atoms with Gasteiger partial charge in [0.15, 0.2) is 6.29 Å². The predicted octanol–water partition coefficient (Wildman–Crippen LogP) is 5.05. The zero-order valence-electron chi connectivity index (χ0n) is 28.1. The Balaban J connectivity index is 1.28. The van der Waals surface area contributed by atoms with Gasteiger partial charge in [-0.2, -0.15) is 0 Å². The molecule has 1 aliphatic heterocycles. The number of aromatic hydroxyl groups is 1. The molecule has 264 valence electrons. The fourth-order valence-electron chi connectivity index (χ4n) is 6.11. The molecule has 11 nitrogen and oxygen atoms in total. The molecule has 0 unspecified atom stereocenters. The van der Waals surface area contributed by atoms with Crippen molar-refractivity contribution >= 4 is 11.8 Å². The van der Waals surface area contributed by atoms with Crippen molar-refractivity contribution in [3.63, 3.8) is 0 Å². The second kappa shape index (κ2) is 17.9. The van der Waals surface area contributed by atoms with E-state index in [0.717, 1.165) is 33.4 Å². The second-order valence-electron chi connectivity index (χ2n) is 12.6. The summed E-state index contributed by atoms with van der Waals surface area (Å²) in [5.41, 5.74) is 7.72. The highest BCUT2D eigenvalue weighted by molar-refractivity contribution is 5.78. The first-order valence-electron chi connectivity index (χ1n) is 16.8. The lowest BCUT2D eigenvalue weighted by Gasteiger charge is -2.38. The third-order valence-corrected chi connectivity index (χ3v) is 8.79. The number of amides is 2. The molecular formula is C39H45N3O8. The van der Waals surface area contributed by atoms with Crippen molar-refractivity contribution in [1.82, 2.24) is 15.7 Å². The van der Waals surface area contributed by atoms with E-state index in [4.69, 9.17) is 14.7 Å². The Morgan fingerprint density at radius 2 is 1.62 bits per heavy atom. The average Bonchev–Trinajstić information content (AvgIpc) is 3.14. The van der Waals surface area contributed by atoms with E-state index in [1.807, 2.05) is 84.7 Å². The Kier molecular flexibility index (Phi) is 13.1. The molecule has 50 heavy (non-hydrogen) atoms. The van der Waals surface area contributed by atoms with E-state index in [1.54, 1.807) is 29.7 Å². The maximum absolute atomic E-state index is 12.4. The van der Waals surface area contributed by atoms with Gasteiger partial charge >= 0.3 is 0 Å². The third-order valence-electron chi connectivity index (χ3n) is 8.79. The molecule has 2 amide bonds. The fraction of sp³-hybridized carbons (Fsp3) is 0.333. The van der Waals surface area contributed by atoms with Crippen molar-refractivity contribution in [2.24, 2.45) is 0 Å². The van der Waals surface area contributed by atoms with Gasteiger partial charge in [0, 0.05) is 44.5 Å². The summed E-state index contributed by atoms with van der Waals surface area (Å²) >= 11 is 0. The Bertz CT molecular complexity index is 1700. The molecule has 0 saturated carbocycles. The van der Waals surface area contributed by atoms with Gasteiger partial charge in [-0.1, -0.05) is 84.9 Å². The van der Waals surface area contributed by atoms with Gasteiger partial charge in [0.25, 0.3) is 0 Å². The molecule has 0 aliphatic carbocycles. The van der Waals surface area contributed by atoms with Gasteiger partial charge in [-0.25, -0.2) is 5.48 Å². The summed E-state index contributed by atoms with van der Waals surface area (Å²) in [7, 11) is 1.93. The monoisotopic (exact) mass is 683 g/mol. The molecule has 1 saturated heterocycles. The molecule has 11 heteroatoms. The number of hydrogen-bond acceptors (Lipinski definition) is 9. The van der Waals surface area contributed by atoms with Gasteiger partial charge in [-0.3, -0.25) is 14.8 Å². The summed E-state index contributed by atoms with van der Waals surface area (Å²) in [6, 6.07) is 30.1. The van der Waals surface area contributed by atoms with Gasteiger partial charge in [0.1, 0.15) is 5.75 Å². The Morgan fingerprint density at radius 1 is 0.900 bits per heavy atom. The summed E-state index contributed by atoms with van der Waals surface area (Å²) in [6.45, 7) is 1.16. The molecule has 4 aromatic rings. The number of carbonyl (C=O) groups is 2. The van der Waals surface area contributed by atoms with Crippen LogP contribution < -0.4 is 10.8 Å². The smallest absolute Gasteiger partial charge is 0.243 e. The Hall–Kier alpha value is -4.62. The minimum Gasteiger partial charge on any atom is -0.508 e. The van der Waals surface area contributed by atoms with E-state index in [2.05, 4.69) is 5.32 Å². The molecule has 4 aromatic carbocycles. The maximum atomic E-state index is 12.4. The highest BCUT2D eigenvalue weighted by Crippen LogP contribution is 2.39. The molecule has 5 rings (SSSR count). The Labute approximate surface area is 292 Å². The first-order valence-corrected chi connectivity index (χ1v) is 16.8. The number of hydroxylamine groups is 1. The number of ether oxygens (including phenoxy) is 2. The van der Waals surface area contributed by atoms with Crippen LogP contribution in [0.3, 0.4) is 0 Å². The number of phenols is 1. The highest BCUT2D eigenvalue weighted by Gasteiger charge is 2.33. The first kappa shape index (κ1) is 36.7. The third kappa shape index (κ3) is 10.2. The molecular weight excluding hydrogens is 638 g/mol. The molecule has 4 atom stereocenters. The number of likely N-dealkylation sites (N-methyl/N-ethyl adjacent to an activating group) is 1. The van der Waals surface area contributed by atoms with E-state index in [9.17, 15) is 24.9 Å². The number of carbonyl (C=O) groups excluding carboxylic acids is 2. The van der Waals surface area contributed by atoms with Gasteiger partial charge in [0.05, 0.1) is 24.9 Å². The molecule has 0 bridgehead atoms.